The molecule has 1 fully saturated rings. The lowest BCUT2D eigenvalue weighted by Gasteiger charge is -2.41. The van der Waals surface area contributed by atoms with Crippen molar-refractivity contribution in [2.45, 2.75) is 12.2 Å². The largest absolute Gasteiger partial charge is 0.416 e. The molecule has 0 unspecified atom stereocenters. The SMILES string of the molecule is NC(=O)c1cc(NC2CN(c3ccc(C(F)(F)F)cc3)C2)ncn1. The maximum absolute atomic E-state index is 12.5. The van der Waals surface area contributed by atoms with Crippen molar-refractivity contribution < 1.29 is 18.0 Å². The Labute approximate surface area is 135 Å². The van der Waals surface area contributed by atoms with Crippen LogP contribution >= 0.6 is 0 Å². The number of primary amides is 1. The number of benzene rings is 1. The molecule has 126 valence electrons. The lowest BCUT2D eigenvalue weighted by Crippen LogP contribution is -2.55. The Balaban J connectivity index is 1.58. The molecule has 0 spiro atoms. The highest BCUT2D eigenvalue weighted by Gasteiger charge is 2.31. The van der Waals surface area contributed by atoms with Crippen LogP contribution in [-0.2, 0) is 6.18 Å². The number of alkyl halides is 3. The second kappa shape index (κ2) is 5.99. The normalized spacial score (nSPS) is 15.0. The number of hydrogen-bond acceptors (Lipinski definition) is 5. The summed E-state index contributed by atoms with van der Waals surface area (Å²) >= 11 is 0. The van der Waals surface area contributed by atoms with E-state index in [4.69, 9.17) is 5.73 Å². The third-order valence-corrected chi connectivity index (χ3v) is 3.71. The number of carbonyl (C=O) groups excluding carboxylic acids is 1. The predicted molar refractivity (Wildman–Crippen MR) is 81.6 cm³/mol. The van der Waals surface area contributed by atoms with Crippen LogP contribution in [0.15, 0.2) is 36.7 Å². The first-order valence-corrected chi connectivity index (χ1v) is 7.13. The highest BCUT2D eigenvalue weighted by molar-refractivity contribution is 5.91. The first kappa shape index (κ1) is 16.0. The predicted octanol–water partition coefficient (Wildman–Crippen LogP) is 1.89. The van der Waals surface area contributed by atoms with E-state index in [9.17, 15) is 18.0 Å². The second-order valence-electron chi connectivity index (χ2n) is 5.44. The number of aromatic nitrogens is 2. The summed E-state index contributed by atoms with van der Waals surface area (Å²) in [7, 11) is 0. The van der Waals surface area contributed by atoms with Gasteiger partial charge in [0.15, 0.2) is 0 Å². The molecule has 0 radical (unpaired) electrons. The van der Waals surface area contributed by atoms with Gasteiger partial charge in [0.1, 0.15) is 17.8 Å². The minimum Gasteiger partial charge on any atom is -0.367 e. The molecule has 1 aromatic carbocycles. The van der Waals surface area contributed by atoms with Gasteiger partial charge in [-0.05, 0) is 24.3 Å². The standard InChI is InChI=1S/C15H14F3N5O/c16-15(17,18)9-1-3-11(4-2-9)23-6-10(7-23)22-13-5-12(14(19)24)20-8-21-13/h1-5,8,10H,6-7H2,(H2,19,24)(H,20,21,22). The fourth-order valence-electron chi connectivity index (χ4n) is 2.42. The summed E-state index contributed by atoms with van der Waals surface area (Å²) in [5.74, 6) is -0.156. The van der Waals surface area contributed by atoms with E-state index in [1.807, 2.05) is 4.90 Å². The van der Waals surface area contributed by atoms with Crippen molar-refractivity contribution in [2.75, 3.05) is 23.3 Å². The maximum atomic E-state index is 12.5. The molecule has 6 nitrogen and oxygen atoms in total. The van der Waals surface area contributed by atoms with Gasteiger partial charge in [0, 0.05) is 24.8 Å². The molecule has 1 aliphatic heterocycles. The van der Waals surface area contributed by atoms with E-state index in [1.165, 1.54) is 24.5 Å². The molecule has 1 aromatic heterocycles. The molecule has 0 aliphatic carbocycles. The molecule has 1 aliphatic rings. The molecule has 1 saturated heterocycles. The first-order valence-electron chi connectivity index (χ1n) is 7.13. The number of anilines is 2. The van der Waals surface area contributed by atoms with E-state index in [2.05, 4.69) is 15.3 Å². The number of nitrogens with two attached hydrogens (primary N) is 1. The molecule has 2 heterocycles. The van der Waals surface area contributed by atoms with Gasteiger partial charge in [-0.1, -0.05) is 0 Å². The minimum absolute atomic E-state index is 0.0721. The van der Waals surface area contributed by atoms with E-state index < -0.39 is 17.6 Å². The summed E-state index contributed by atoms with van der Waals surface area (Å²) in [6.07, 6.45) is -3.09. The zero-order chi connectivity index (χ0) is 17.3. The molecule has 1 amide bonds. The molecule has 24 heavy (non-hydrogen) atoms. The van der Waals surface area contributed by atoms with Crippen LogP contribution in [0.5, 0.6) is 0 Å². The van der Waals surface area contributed by atoms with Crippen LogP contribution in [0.4, 0.5) is 24.7 Å². The maximum Gasteiger partial charge on any atom is 0.416 e. The van der Waals surface area contributed by atoms with Gasteiger partial charge in [0.2, 0.25) is 0 Å². The average Bonchev–Trinajstić information content (AvgIpc) is 2.50. The lowest BCUT2D eigenvalue weighted by atomic mass is 10.1. The van der Waals surface area contributed by atoms with Gasteiger partial charge in [0.05, 0.1) is 11.6 Å². The van der Waals surface area contributed by atoms with Crippen molar-refractivity contribution in [1.29, 1.82) is 0 Å². The van der Waals surface area contributed by atoms with Crippen LogP contribution in [0, 0.1) is 0 Å². The number of carbonyl (C=O) groups is 1. The number of amides is 1. The van der Waals surface area contributed by atoms with E-state index in [0.29, 0.717) is 18.9 Å². The second-order valence-corrected chi connectivity index (χ2v) is 5.44. The Morgan fingerprint density at radius 3 is 2.46 bits per heavy atom. The van der Waals surface area contributed by atoms with Crippen LogP contribution in [0.1, 0.15) is 16.1 Å². The summed E-state index contributed by atoms with van der Waals surface area (Å²) in [5, 5.41) is 3.13. The number of halogens is 3. The Hall–Kier alpha value is -2.84. The lowest BCUT2D eigenvalue weighted by molar-refractivity contribution is -0.137. The van der Waals surface area contributed by atoms with Gasteiger partial charge in [-0.2, -0.15) is 13.2 Å². The van der Waals surface area contributed by atoms with Crippen molar-refractivity contribution in [1.82, 2.24) is 9.97 Å². The summed E-state index contributed by atoms with van der Waals surface area (Å²) in [6, 6.07) is 6.58. The molecule has 9 heteroatoms. The van der Waals surface area contributed by atoms with Crippen LogP contribution < -0.4 is 16.0 Å². The number of nitrogens with zero attached hydrogens (tertiary/aromatic N) is 3. The van der Waals surface area contributed by atoms with Crippen molar-refractivity contribution in [3.63, 3.8) is 0 Å². The Kier molecular flexibility index (Phi) is 4.00. The summed E-state index contributed by atoms with van der Waals surface area (Å²) in [5.41, 5.74) is 5.33. The molecule has 0 bridgehead atoms. The van der Waals surface area contributed by atoms with Gasteiger partial charge in [-0.3, -0.25) is 4.79 Å². The number of hydrogen-bond donors (Lipinski definition) is 2. The molecule has 2 aromatic rings. The van der Waals surface area contributed by atoms with Gasteiger partial charge in [-0.25, -0.2) is 9.97 Å². The van der Waals surface area contributed by atoms with Crippen molar-refractivity contribution in [3.05, 3.63) is 47.9 Å². The van der Waals surface area contributed by atoms with Crippen LogP contribution in [0.2, 0.25) is 0 Å². The molecular weight excluding hydrogens is 323 g/mol. The summed E-state index contributed by atoms with van der Waals surface area (Å²) < 4.78 is 37.6. The zero-order valence-electron chi connectivity index (χ0n) is 12.4. The summed E-state index contributed by atoms with van der Waals surface area (Å²) in [4.78, 5) is 20.8. The Morgan fingerprint density at radius 1 is 1.21 bits per heavy atom. The average molecular weight is 337 g/mol. The third kappa shape index (κ3) is 3.39. The van der Waals surface area contributed by atoms with Crippen LogP contribution in [0.25, 0.3) is 0 Å². The molecule has 0 atom stereocenters. The quantitative estimate of drug-likeness (QED) is 0.890. The van der Waals surface area contributed by atoms with Crippen LogP contribution in [0.3, 0.4) is 0 Å². The topological polar surface area (TPSA) is 84.1 Å². The molecule has 3 N–H and O–H groups in total. The first-order chi connectivity index (χ1) is 11.3. The van der Waals surface area contributed by atoms with Gasteiger partial charge in [-0.15, -0.1) is 0 Å². The van der Waals surface area contributed by atoms with Gasteiger partial charge >= 0.3 is 6.18 Å². The van der Waals surface area contributed by atoms with Crippen molar-refractivity contribution >= 4 is 17.4 Å². The van der Waals surface area contributed by atoms with Gasteiger partial charge in [0.25, 0.3) is 5.91 Å². The zero-order valence-corrected chi connectivity index (χ0v) is 12.4. The van der Waals surface area contributed by atoms with Crippen molar-refractivity contribution in [2.24, 2.45) is 5.73 Å². The highest BCUT2D eigenvalue weighted by atomic mass is 19.4. The smallest absolute Gasteiger partial charge is 0.367 e. The fourth-order valence-corrected chi connectivity index (χ4v) is 2.42. The van der Waals surface area contributed by atoms with Crippen molar-refractivity contribution in [3.8, 4) is 0 Å². The van der Waals surface area contributed by atoms with Crippen LogP contribution in [-0.4, -0.2) is 35.0 Å². The minimum atomic E-state index is -4.33. The molecule has 3 rings (SSSR count). The molecule has 0 saturated carbocycles. The van der Waals surface area contributed by atoms with E-state index in [0.717, 1.165) is 17.8 Å². The monoisotopic (exact) mass is 337 g/mol. The highest BCUT2D eigenvalue weighted by Crippen LogP contribution is 2.31. The molecular formula is C15H14F3N5O. The number of rotatable bonds is 4. The van der Waals surface area contributed by atoms with Gasteiger partial charge < -0.3 is 16.0 Å². The third-order valence-electron chi connectivity index (χ3n) is 3.71. The Morgan fingerprint density at radius 2 is 1.88 bits per heavy atom. The van der Waals surface area contributed by atoms with E-state index >= 15 is 0 Å². The van der Waals surface area contributed by atoms with E-state index in [-0.39, 0.29) is 11.7 Å². The fraction of sp³-hybridized carbons (Fsp3) is 0.267. The number of nitrogens with one attached hydrogen (secondary N) is 1. The van der Waals surface area contributed by atoms with E-state index in [1.54, 1.807) is 0 Å². The summed E-state index contributed by atoms with van der Waals surface area (Å²) in [6.45, 7) is 1.22. The Bertz CT molecular complexity index is 742.